The lowest BCUT2D eigenvalue weighted by Crippen LogP contribution is -2.51. The predicted octanol–water partition coefficient (Wildman–Crippen LogP) is 3.32. The molecule has 3 aliphatic rings. The minimum Gasteiger partial charge on any atom is -0.355 e. The Labute approximate surface area is 208 Å². The van der Waals surface area contributed by atoms with Gasteiger partial charge in [0.2, 0.25) is 5.91 Å². The van der Waals surface area contributed by atoms with E-state index < -0.39 is 10.0 Å². The number of piperazine rings is 1. The fraction of sp³-hybridized carbons (Fsp3) is 0.481. The van der Waals surface area contributed by atoms with E-state index in [1.165, 1.54) is 11.1 Å². The van der Waals surface area contributed by atoms with E-state index in [1.54, 1.807) is 12.1 Å². The molecule has 0 aromatic heterocycles. The van der Waals surface area contributed by atoms with Crippen LogP contribution in [0.3, 0.4) is 0 Å². The Hall–Kier alpha value is -2.71. The number of hydrogen-bond acceptors (Lipinski definition) is 5. The summed E-state index contributed by atoms with van der Waals surface area (Å²) in [5.74, 6) is 1.31. The molecular weight excluding hydrogens is 460 g/mol. The quantitative estimate of drug-likeness (QED) is 0.652. The molecule has 2 fully saturated rings. The van der Waals surface area contributed by atoms with E-state index in [1.807, 2.05) is 21.9 Å². The second-order valence-corrected chi connectivity index (χ2v) is 11.7. The van der Waals surface area contributed by atoms with Crippen molar-refractivity contribution in [2.75, 3.05) is 39.3 Å². The van der Waals surface area contributed by atoms with Gasteiger partial charge in [-0.2, -0.15) is 8.42 Å². The summed E-state index contributed by atoms with van der Waals surface area (Å²) in [7, 11) is -3.62. The summed E-state index contributed by atoms with van der Waals surface area (Å²) in [5.41, 5.74) is 3.35. The van der Waals surface area contributed by atoms with E-state index in [0.29, 0.717) is 30.4 Å². The molecule has 8 heteroatoms. The molecule has 0 radical (unpaired) electrons. The van der Waals surface area contributed by atoms with Gasteiger partial charge in [-0.05, 0) is 42.0 Å². The third-order valence-corrected chi connectivity index (χ3v) is 8.82. The topological polar surface area (TPSA) is 73.3 Å². The van der Waals surface area contributed by atoms with E-state index in [0.717, 1.165) is 45.6 Å². The SMILES string of the molecule is CC(C)c1ccc(CN2CCN(C(=O)C3CCN(C4=NS(=O)(=O)c5ccccc54)CC3)CC2)cc1. The Bertz CT molecular complexity index is 1210. The molecule has 0 N–H and O–H groups in total. The highest BCUT2D eigenvalue weighted by atomic mass is 32.2. The van der Waals surface area contributed by atoms with Gasteiger partial charge in [0.15, 0.2) is 5.84 Å². The average molecular weight is 495 g/mol. The molecule has 0 atom stereocenters. The monoisotopic (exact) mass is 494 g/mol. The molecule has 3 aliphatic heterocycles. The van der Waals surface area contributed by atoms with Gasteiger partial charge in [0.25, 0.3) is 10.0 Å². The number of rotatable bonds is 4. The van der Waals surface area contributed by atoms with Crippen molar-refractivity contribution >= 4 is 21.8 Å². The number of amides is 1. The van der Waals surface area contributed by atoms with Crippen LogP contribution in [0, 0.1) is 5.92 Å². The van der Waals surface area contributed by atoms with Gasteiger partial charge in [0, 0.05) is 57.3 Å². The molecule has 0 spiro atoms. The normalized spacial score (nSPS) is 20.7. The number of carbonyl (C=O) groups excluding carboxylic acids is 1. The number of fused-ring (bicyclic) bond motifs is 1. The van der Waals surface area contributed by atoms with Crippen molar-refractivity contribution in [1.82, 2.24) is 14.7 Å². The molecular formula is C27H34N4O3S. The molecule has 3 heterocycles. The molecule has 2 aromatic rings. The zero-order valence-electron chi connectivity index (χ0n) is 20.6. The molecule has 0 unspecified atom stereocenters. The van der Waals surface area contributed by atoms with Crippen molar-refractivity contribution in [2.45, 2.75) is 44.0 Å². The van der Waals surface area contributed by atoms with Crippen LogP contribution in [0.15, 0.2) is 57.8 Å². The van der Waals surface area contributed by atoms with Crippen LogP contribution >= 0.6 is 0 Å². The summed E-state index contributed by atoms with van der Waals surface area (Å²) >= 11 is 0. The standard InChI is InChI=1S/C27H34N4O3S/c1-20(2)22-9-7-21(8-10-22)19-29-15-17-31(18-16-29)27(32)23-11-13-30(14-12-23)26-24-5-3-4-6-25(24)35(33,34)28-26/h3-10,20,23H,11-19H2,1-2H3. The van der Waals surface area contributed by atoms with Gasteiger partial charge >= 0.3 is 0 Å². The lowest BCUT2D eigenvalue weighted by Gasteiger charge is -2.39. The average Bonchev–Trinajstić information content (AvgIpc) is 3.15. The number of hydrogen-bond donors (Lipinski definition) is 0. The van der Waals surface area contributed by atoms with Crippen LogP contribution in [0.1, 0.15) is 49.3 Å². The molecule has 186 valence electrons. The van der Waals surface area contributed by atoms with Gasteiger partial charge in [-0.15, -0.1) is 4.40 Å². The van der Waals surface area contributed by atoms with Crippen LogP contribution in [-0.2, 0) is 21.4 Å². The minimum absolute atomic E-state index is 0.00441. The van der Waals surface area contributed by atoms with Crippen LogP contribution in [0.4, 0.5) is 0 Å². The second kappa shape index (κ2) is 9.74. The van der Waals surface area contributed by atoms with Crippen LogP contribution in [0.25, 0.3) is 0 Å². The lowest BCUT2D eigenvalue weighted by molar-refractivity contribution is -0.138. The maximum Gasteiger partial charge on any atom is 0.285 e. The Morgan fingerprint density at radius 3 is 2.26 bits per heavy atom. The number of nitrogens with zero attached hydrogens (tertiary/aromatic N) is 4. The molecule has 2 aromatic carbocycles. The molecule has 2 saturated heterocycles. The van der Waals surface area contributed by atoms with Crippen molar-refractivity contribution in [3.8, 4) is 0 Å². The maximum atomic E-state index is 13.2. The fourth-order valence-corrected chi connectivity index (χ4v) is 6.53. The lowest BCUT2D eigenvalue weighted by atomic mass is 9.94. The fourth-order valence-electron chi connectivity index (χ4n) is 5.31. The highest BCUT2D eigenvalue weighted by Gasteiger charge is 2.35. The van der Waals surface area contributed by atoms with Gasteiger partial charge in [-0.1, -0.05) is 50.2 Å². The highest BCUT2D eigenvalue weighted by molar-refractivity contribution is 7.90. The number of carbonyl (C=O) groups is 1. The van der Waals surface area contributed by atoms with Crippen molar-refractivity contribution in [3.05, 3.63) is 65.2 Å². The first kappa shape index (κ1) is 24.0. The van der Waals surface area contributed by atoms with Crippen molar-refractivity contribution in [3.63, 3.8) is 0 Å². The van der Waals surface area contributed by atoms with Gasteiger partial charge in [-0.25, -0.2) is 0 Å². The Morgan fingerprint density at radius 1 is 0.943 bits per heavy atom. The van der Waals surface area contributed by atoms with Crippen molar-refractivity contribution in [1.29, 1.82) is 0 Å². The minimum atomic E-state index is -3.62. The van der Waals surface area contributed by atoms with E-state index in [-0.39, 0.29) is 16.7 Å². The van der Waals surface area contributed by atoms with E-state index in [2.05, 4.69) is 47.4 Å². The number of benzene rings is 2. The molecule has 35 heavy (non-hydrogen) atoms. The van der Waals surface area contributed by atoms with E-state index in [9.17, 15) is 13.2 Å². The Kier molecular flexibility index (Phi) is 6.68. The Morgan fingerprint density at radius 2 is 1.60 bits per heavy atom. The maximum absolute atomic E-state index is 13.2. The molecule has 7 nitrogen and oxygen atoms in total. The second-order valence-electron chi connectivity index (χ2n) is 10.1. The predicted molar refractivity (Wildman–Crippen MR) is 137 cm³/mol. The van der Waals surface area contributed by atoms with Crippen LogP contribution in [0.5, 0.6) is 0 Å². The third kappa shape index (κ3) is 5.00. The first-order valence-electron chi connectivity index (χ1n) is 12.6. The summed E-state index contributed by atoms with van der Waals surface area (Å²) in [6, 6.07) is 15.9. The van der Waals surface area contributed by atoms with Crippen molar-refractivity contribution in [2.24, 2.45) is 10.3 Å². The molecule has 0 bridgehead atoms. The molecule has 0 saturated carbocycles. The Balaban J connectivity index is 1.12. The van der Waals surface area contributed by atoms with Crippen LogP contribution in [-0.4, -0.2) is 74.1 Å². The van der Waals surface area contributed by atoms with Gasteiger partial charge in [0.05, 0.1) is 0 Å². The first-order chi connectivity index (χ1) is 16.8. The smallest absolute Gasteiger partial charge is 0.285 e. The van der Waals surface area contributed by atoms with Crippen LogP contribution < -0.4 is 0 Å². The van der Waals surface area contributed by atoms with E-state index >= 15 is 0 Å². The summed E-state index contributed by atoms with van der Waals surface area (Å²) in [6.07, 6.45) is 1.45. The molecule has 0 aliphatic carbocycles. The zero-order chi connectivity index (χ0) is 24.6. The zero-order valence-corrected chi connectivity index (χ0v) is 21.4. The van der Waals surface area contributed by atoms with Gasteiger partial charge in [0.1, 0.15) is 4.90 Å². The summed E-state index contributed by atoms with van der Waals surface area (Å²) in [5, 5.41) is 0. The highest BCUT2D eigenvalue weighted by Crippen LogP contribution is 2.30. The third-order valence-electron chi connectivity index (χ3n) is 7.49. The number of amidine groups is 1. The number of sulfonamides is 1. The van der Waals surface area contributed by atoms with Gasteiger partial charge < -0.3 is 9.80 Å². The van der Waals surface area contributed by atoms with E-state index in [4.69, 9.17) is 0 Å². The first-order valence-corrected chi connectivity index (χ1v) is 14.0. The molecule has 1 amide bonds. The summed E-state index contributed by atoms with van der Waals surface area (Å²) in [4.78, 5) is 20.0. The number of piperidine rings is 1. The largest absolute Gasteiger partial charge is 0.355 e. The molecule has 5 rings (SSSR count). The van der Waals surface area contributed by atoms with Gasteiger partial charge in [-0.3, -0.25) is 9.69 Å². The van der Waals surface area contributed by atoms with Crippen molar-refractivity contribution < 1.29 is 13.2 Å². The summed E-state index contributed by atoms with van der Waals surface area (Å²) in [6.45, 7) is 9.94. The summed E-state index contributed by atoms with van der Waals surface area (Å²) < 4.78 is 28.8. The number of likely N-dealkylation sites (tertiary alicyclic amines) is 1. The van der Waals surface area contributed by atoms with Crippen LogP contribution in [0.2, 0.25) is 0 Å².